The van der Waals surface area contributed by atoms with Gasteiger partial charge in [-0.3, -0.25) is 38.6 Å². The lowest BCUT2D eigenvalue weighted by Crippen LogP contribution is -2.50. The van der Waals surface area contributed by atoms with Crippen LogP contribution in [-0.2, 0) is 28.8 Å². The molecule has 4 amide bonds. The Kier molecular flexibility index (Phi) is 17.2. The molecule has 12 heteroatoms. The Morgan fingerprint density at radius 2 is 0.759 bits per heavy atom. The molecule has 4 aliphatic rings. The molecule has 0 N–H and O–H groups in total. The van der Waals surface area contributed by atoms with E-state index in [1.807, 2.05) is 75.2 Å². The second-order valence-corrected chi connectivity index (χ2v) is 18.4. The number of likely N-dealkylation sites (N-methyl/N-ethyl adjacent to an activating group) is 2. The van der Waals surface area contributed by atoms with Gasteiger partial charge in [-0.2, -0.15) is 0 Å². The first-order valence-corrected chi connectivity index (χ1v) is 20.8. The van der Waals surface area contributed by atoms with Crippen LogP contribution in [0.1, 0.15) is 107 Å². The number of hydrogen-bond acceptors (Lipinski definition) is 8. The van der Waals surface area contributed by atoms with Crippen molar-refractivity contribution in [1.29, 1.82) is 0 Å². The molecule has 2 aliphatic heterocycles. The quantitative estimate of drug-likeness (QED) is 0.327. The summed E-state index contributed by atoms with van der Waals surface area (Å²) in [6.45, 7) is 24.4. The number of carbonyl (C=O) groups excluding carboxylic acids is 6. The van der Waals surface area contributed by atoms with Crippen LogP contribution in [0.2, 0.25) is 0 Å². The minimum atomic E-state index is -0.393. The average Bonchev–Trinajstić information content (AvgIpc) is 3.14. The van der Waals surface area contributed by atoms with E-state index in [9.17, 15) is 28.8 Å². The third-order valence-electron chi connectivity index (χ3n) is 12.2. The van der Waals surface area contributed by atoms with Gasteiger partial charge in [0.1, 0.15) is 11.6 Å². The number of Topliss-reactive ketones (excluding diaryl/α,β-unsaturated/α-hetero) is 2. The summed E-state index contributed by atoms with van der Waals surface area (Å²) in [6, 6.07) is 0. The molecule has 4 fully saturated rings. The average molecular weight is 759 g/mol. The number of carbonyl (C=O) groups is 6. The molecule has 54 heavy (non-hydrogen) atoms. The molecule has 4 atom stereocenters. The predicted molar refractivity (Wildman–Crippen MR) is 212 cm³/mol. The lowest BCUT2D eigenvalue weighted by molar-refractivity contribution is -0.145. The Morgan fingerprint density at radius 3 is 1.02 bits per heavy atom. The maximum absolute atomic E-state index is 13.1. The highest BCUT2D eigenvalue weighted by Gasteiger charge is 2.42. The second kappa shape index (κ2) is 20.3. The maximum Gasteiger partial charge on any atom is 0.226 e. The summed E-state index contributed by atoms with van der Waals surface area (Å²) in [4.78, 5) is 86.6. The van der Waals surface area contributed by atoms with Crippen molar-refractivity contribution in [2.45, 2.75) is 107 Å². The van der Waals surface area contributed by atoms with Crippen LogP contribution in [0.4, 0.5) is 0 Å². The lowest BCUT2D eigenvalue weighted by Gasteiger charge is -2.37. The number of amides is 4. The fraction of sp³-hybridized carbons (Fsp3) is 0.857. The van der Waals surface area contributed by atoms with E-state index in [1.54, 1.807) is 13.8 Å². The number of rotatable bonds is 10. The van der Waals surface area contributed by atoms with E-state index >= 15 is 0 Å². The molecular weight excluding hydrogens is 684 g/mol. The molecular formula is C42H74N6O6. The molecule has 0 spiro atoms. The summed E-state index contributed by atoms with van der Waals surface area (Å²) in [6.07, 6.45) is 7.48. The van der Waals surface area contributed by atoms with Crippen LogP contribution in [0.25, 0.3) is 0 Å². The number of ketones is 2. The second-order valence-electron chi connectivity index (χ2n) is 18.4. The number of hydrogen-bond donors (Lipinski definition) is 0. The van der Waals surface area contributed by atoms with Gasteiger partial charge in [-0.25, -0.2) is 0 Å². The van der Waals surface area contributed by atoms with Gasteiger partial charge < -0.3 is 19.6 Å². The monoisotopic (exact) mass is 759 g/mol. The summed E-state index contributed by atoms with van der Waals surface area (Å²) in [7, 11) is 3.72. The molecule has 0 aromatic carbocycles. The molecule has 2 aliphatic carbocycles. The summed E-state index contributed by atoms with van der Waals surface area (Å²) in [5.41, 5.74) is -0.787. The Labute approximate surface area is 326 Å². The SMILES string of the molecule is CC(=O)N1CCN(CCN(C)C(=O)[C@@H]2CCCC[C@@H]2C(=O)C(C)(C)C)CC1.CC(=O)N1CCN(CCN(C)C(=O)[C@H]2CCCC[C@H]2C(=O)C(C)(C)C)CC1. The van der Waals surface area contributed by atoms with E-state index in [0.29, 0.717) is 13.1 Å². The van der Waals surface area contributed by atoms with Crippen molar-refractivity contribution >= 4 is 35.2 Å². The van der Waals surface area contributed by atoms with Gasteiger partial charge in [0.25, 0.3) is 0 Å². The van der Waals surface area contributed by atoms with Crippen LogP contribution in [0.5, 0.6) is 0 Å². The van der Waals surface area contributed by atoms with E-state index in [-0.39, 0.29) is 58.9 Å². The Balaban J connectivity index is 0.000000290. The molecule has 12 nitrogen and oxygen atoms in total. The molecule has 0 bridgehead atoms. The molecule has 308 valence electrons. The fourth-order valence-corrected chi connectivity index (χ4v) is 8.54. The highest BCUT2D eigenvalue weighted by molar-refractivity contribution is 5.92. The topological polar surface area (TPSA) is 122 Å². The normalized spacial score (nSPS) is 24.6. The van der Waals surface area contributed by atoms with E-state index in [0.717, 1.165) is 117 Å². The fourth-order valence-electron chi connectivity index (χ4n) is 8.54. The van der Waals surface area contributed by atoms with E-state index in [2.05, 4.69) is 9.80 Å². The summed E-state index contributed by atoms with van der Waals surface area (Å²) in [5.74, 6) is 0.390. The smallest absolute Gasteiger partial charge is 0.226 e. The largest absolute Gasteiger partial charge is 0.344 e. The van der Waals surface area contributed by atoms with Gasteiger partial charge in [0.15, 0.2) is 0 Å². The molecule has 0 aromatic rings. The molecule has 4 rings (SSSR count). The first-order valence-electron chi connectivity index (χ1n) is 20.8. The predicted octanol–water partition coefficient (Wildman–Crippen LogP) is 4.06. The zero-order valence-corrected chi connectivity index (χ0v) is 35.6. The highest BCUT2D eigenvalue weighted by atomic mass is 16.2. The number of nitrogens with zero attached hydrogens (tertiary/aromatic N) is 6. The van der Waals surface area contributed by atoms with Crippen LogP contribution in [0, 0.1) is 34.5 Å². The van der Waals surface area contributed by atoms with E-state index in [1.165, 1.54) is 0 Å². The van der Waals surface area contributed by atoms with Gasteiger partial charge in [0, 0.05) is 141 Å². The Bertz CT molecular complexity index is 1190. The Hall–Kier alpha value is -2.86. The molecule has 2 saturated heterocycles. The maximum atomic E-state index is 13.1. The van der Waals surface area contributed by atoms with Crippen molar-refractivity contribution in [3.63, 3.8) is 0 Å². The molecule has 0 aromatic heterocycles. The number of piperazine rings is 2. The highest BCUT2D eigenvalue weighted by Crippen LogP contribution is 2.38. The van der Waals surface area contributed by atoms with Crippen molar-refractivity contribution in [3.8, 4) is 0 Å². The third-order valence-corrected chi connectivity index (χ3v) is 12.2. The van der Waals surface area contributed by atoms with Crippen LogP contribution >= 0.6 is 0 Å². The first kappa shape index (κ1) is 45.5. The molecule has 2 heterocycles. The minimum absolute atomic E-state index is 0.125. The minimum Gasteiger partial charge on any atom is -0.344 e. The summed E-state index contributed by atoms with van der Waals surface area (Å²) < 4.78 is 0. The zero-order valence-electron chi connectivity index (χ0n) is 35.6. The van der Waals surface area contributed by atoms with Crippen molar-refractivity contribution in [2.24, 2.45) is 34.5 Å². The van der Waals surface area contributed by atoms with Crippen LogP contribution in [-0.4, -0.2) is 157 Å². The zero-order chi connectivity index (χ0) is 40.4. The van der Waals surface area contributed by atoms with Gasteiger partial charge >= 0.3 is 0 Å². The van der Waals surface area contributed by atoms with Crippen LogP contribution in [0.3, 0.4) is 0 Å². The molecule has 0 radical (unpaired) electrons. The first-order chi connectivity index (χ1) is 25.2. The van der Waals surface area contributed by atoms with E-state index in [4.69, 9.17) is 0 Å². The van der Waals surface area contributed by atoms with Crippen LogP contribution in [0.15, 0.2) is 0 Å². The van der Waals surface area contributed by atoms with Gasteiger partial charge in [-0.05, 0) is 25.7 Å². The lowest BCUT2D eigenvalue weighted by atomic mass is 9.70. The summed E-state index contributed by atoms with van der Waals surface area (Å²) >= 11 is 0. The molecule has 2 saturated carbocycles. The van der Waals surface area contributed by atoms with Crippen molar-refractivity contribution in [2.75, 3.05) is 92.6 Å². The molecule has 0 unspecified atom stereocenters. The van der Waals surface area contributed by atoms with Gasteiger partial charge in [0.05, 0.1) is 0 Å². The van der Waals surface area contributed by atoms with Crippen molar-refractivity contribution < 1.29 is 28.8 Å². The van der Waals surface area contributed by atoms with Gasteiger partial charge in [-0.15, -0.1) is 0 Å². The third kappa shape index (κ3) is 13.1. The van der Waals surface area contributed by atoms with Crippen molar-refractivity contribution in [1.82, 2.24) is 29.4 Å². The van der Waals surface area contributed by atoms with Crippen LogP contribution < -0.4 is 0 Å². The Morgan fingerprint density at radius 1 is 0.481 bits per heavy atom. The van der Waals surface area contributed by atoms with E-state index < -0.39 is 10.8 Å². The standard InChI is InChI=1S/2C21H37N3O3/c2*1-16(25)24-14-12-23(13-15-24)11-10-22(5)20(27)18-9-7-6-8-17(18)19(26)21(2,3)4/h2*17-18H,6-15H2,1-5H3/t2*17-,18+/m10/s1. The van der Waals surface area contributed by atoms with Gasteiger partial charge in [0.2, 0.25) is 23.6 Å². The van der Waals surface area contributed by atoms with Gasteiger partial charge in [-0.1, -0.05) is 67.2 Å². The van der Waals surface area contributed by atoms with Crippen molar-refractivity contribution in [3.05, 3.63) is 0 Å². The summed E-state index contributed by atoms with van der Waals surface area (Å²) in [5, 5.41) is 0.